The van der Waals surface area contributed by atoms with Gasteiger partial charge in [-0.05, 0) is 12.8 Å². The Morgan fingerprint density at radius 2 is 2.29 bits per heavy atom. The highest BCUT2D eigenvalue weighted by Gasteiger charge is 2.31. The molecule has 0 aliphatic carbocycles. The van der Waals surface area contributed by atoms with Gasteiger partial charge >= 0.3 is 0 Å². The number of carbonyl (C=O) groups is 1. The Balaban J connectivity index is 1.64. The molecule has 1 amide bonds. The predicted octanol–water partition coefficient (Wildman–Crippen LogP) is 1.76. The minimum Gasteiger partial charge on any atom is -0.372 e. The summed E-state index contributed by atoms with van der Waals surface area (Å²) in [4.78, 5) is 27.5. The average Bonchev–Trinajstić information content (AvgIpc) is 3.28. The van der Waals surface area contributed by atoms with Crippen LogP contribution in [0.2, 0.25) is 0 Å². The van der Waals surface area contributed by atoms with Gasteiger partial charge in [0.2, 0.25) is 11.8 Å². The number of anilines is 1. The number of hydrogen-bond donors (Lipinski definition) is 1. The van der Waals surface area contributed by atoms with Crippen molar-refractivity contribution in [2.75, 3.05) is 18.9 Å². The SMILES string of the molecule is CCc1noc(CCC(=O)N2CCC[C@H]2c2cncc(NC)n2)n1. The van der Waals surface area contributed by atoms with Crippen LogP contribution in [0.5, 0.6) is 0 Å². The number of likely N-dealkylation sites (tertiary alicyclic amines) is 1. The first kappa shape index (κ1) is 16.4. The Hall–Kier alpha value is -2.51. The third-order valence-corrected chi connectivity index (χ3v) is 4.20. The van der Waals surface area contributed by atoms with Crippen LogP contribution in [0.15, 0.2) is 16.9 Å². The van der Waals surface area contributed by atoms with Crippen LogP contribution in [-0.2, 0) is 17.6 Å². The van der Waals surface area contributed by atoms with Crippen LogP contribution in [0.1, 0.15) is 49.6 Å². The van der Waals surface area contributed by atoms with Crippen molar-refractivity contribution in [1.82, 2.24) is 25.0 Å². The van der Waals surface area contributed by atoms with Gasteiger partial charge in [0, 0.05) is 32.9 Å². The third-order valence-electron chi connectivity index (χ3n) is 4.20. The number of rotatable bonds is 6. The molecule has 1 aliphatic rings. The molecule has 3 rings (SSSR count). The highest BCUT2D eigenvalue weighted by Crippen LogP contribution is 2.31. The van der Waals surface area contributed by atoms with Crippen LogP contribution in [0.3, 0.4) is 0 Å². The number of aromatic nitrogens is 4. The number of hydrogen-bond acceptors (Lipinski definition) is 7. The van der Waals surface area contributed by atoms with E-state index in [-0.39, 0.29) is 11.9 Å². The lowest BCUT2D eigenvalue weighted by Gasteiger charge is -2.24. The van der Waals surface area contributed by atoms with Gasteiger partial charge in [-0.2, -0.15) is 4.98 Å². The highest BCUT2D eigenvalue weighted by molar-refractivity contribution is 5.77. The fourth-order valence-electron chi connectivity index (χ4n) is 2.93. The van der Waals surface area contributed by atoms with E-state index < -0.39 is 0 Å². The standard InChI is InChI=1S/C16H22N6O2/c1-3-13-20-15(24-21-13)6-7-16(23)22-8-4-5-12(22)11-9-18-10-14(17-2)19-11/h9-10,12H,3-8H2,1-2H3,(H,17,19)/t12-/m0/s1. The molecule has 0 unspecified atom stereocenters. The quantitative estimate of drug-likeness (QED) is 0.862. The molecular formula is C16H22N6O2. The zero-order valence-corrected chi connectivity index (χ0v) is 14.0. The molecule has 1 aliphatic heterocycles. The van der Waals surface area contributed by atoms with E-state index in [9.17, 15) is 4.79 Å². The van der Waals surface area contributed by atoms with Crippen molar-refractivity contribution < 1.29 is 9.32 Å². The van der Waals surface area contributed by atoms with E-state index in [1.54, 1.807) is 19.4 Å². The van der Waals surface area contributed by atoms with Crippen molar-refractivity contribution in [3.8, 4) is 0 Å². The molecule has 0 aromatic carbocycles. The average molecular weight is 330 g/mol. The molecule has 2 aromatic heterocycles. The normalized spacial score (nSPS) is 17.2. The summed E-state index contributed by atoms with van der Waals surface area (Å²) in [5.74, 6) is 2.00. The van der Waals surface area contributed by atoms with Gasteiger partial charge in [-0.25, -0.2) is 4.98 Å². The van der Waals surface area contributed by atoms with E-state index in [2.05, 4.69) is 25.4 Å². The van der Waals surface area contributed by atoms with Gasteiger partial charge in [0.15, 0.2) is 5.82 Å². The van der Waals surface area contributed by atoms with E-state index in [0.29, 0.717) is 30.4 Å². The van der Waals surface area contributed by atoms with Gasteiger partial charge in [-0.15, -0.1) is 0 Å². The Morgan fingerprint density at radius 3 is 3.04 bits per heavy atom. The lowest BCUT2D eigenvalue weighted by atomic mass is 10.1. The summed E-state index contributed by atoms with van der Waals surface area (Å²) in [5.41, 5.74) is 0.832. The smallest absolute Gasteiger partial charge is 0.227 e. The number of nitrogens with one attached hydrogen (secondary N) is 1. The van der Waals surface area contributed by atoms with Crippen molar-refractivity contribution in [3.05, 3.63) is 29.8 Å². The second-order valence-corrected chi connectivity index (χ2v) is 5.78. The molecule has 24 heavy (non-hydrogen) atoms. The second kappa shape index (κ2) is 7.37. The van der Waals surface area contributed by atoms with Crippen LogP contribution >= 0.6 is 0 Å². The van der Waals surface area contributed by atoms with Gasteiger partial charge in [-0.1, -0.05) is 12.1 Å². The first-order valence-corrected chi connectivity index (χ1v) is 8.32. The van der Waals surface area contributed by atoms with Crippen LogP contribution in [0, 0.1) is 0 Å². The molecule has 8 nitrogen and oxygen atoms in total. The largest absolute Gasteiger partial charge is 0.372 e. The Bertz CT molecular complexity index is 701. The van der Waals surface area contributed by atoms with E-state index in [4.69, 9.17) is 4.52 Å². The summed E-state index contributed by atoms with van der Waals surface area (Å²) < 4.78 is 5.15. The molecule has 1 atom stereocenters. The Kier molecular flexibility index (Phi) is 5.02. The molecule has 128 valence electrons. The second-order valence-electron chi connectivity index (χ2n) is 5.78. The zero-order valence-electron chi connectivity index (χ0n) is 14.0. The van der Waals surface area contributed by atoms with Crippen LogP contribution < -0.4 is 5.32 Å². The van der Waals surface area contributed by atoms with E-state index in [1.165, 1.54) is 0 Å². The summed E-state index contributed by atoms with van der Waals surface area (Å²) in [5, 5.41) is 6.84. The molecular weight excluding hydrogens is 308 g/mol. The third kappa shape index (κ3) is 3.52. The van der Waals surface area contributed by atoms with Crippen molar-refractivity contribution in [2.45, 2.75) is 45.1 Å². The fourth-order valence-corrected chi connectivity index (χ4v) is 2.93. The molecule has 0 bridgehead atoms. The van der Waals surface area contributed by atoms with Crippen LogP contribution in [0.25, 0.3) is 0 Å². The summed E-state index contributed by atoms with van der Waals surface area (Å²) in [6, 6.07) is -0.00723. The lowest BCUT2D eigenvalue weighted by Crippen LogP contribution is -2.31. The number of amides is 1. The van der Waals surface area contributed by atoms with Crippen molar-refractivity contribution >= 4 is 11.7 Å². The maximum atomic E-state index is 12.6. The Morgan fingerprint density at radius 1 is 1.42 bits per heavy atom. The maximum Gasteiger partial charge on any atom is 0.227 e. The highest BCUT2D eigenvalue weighted by atomic mass is 16.5. The molecule has 0 radical (unpaired) electrons. The first-order chi connectivity index (χ1) is 11.7. The van der Waals surface area contributed by atoms with Crippen molar-refractivity contribution in [2.24, 2.45) is 0 Å². The van der Waals surface area contributed by atoms with E-state index in [1.807, 2.05) is 11.8 Å². The number of carbonyl (C=O) groups excluding carboxylic acids is 1. The first-order valence-electron chi connectivity index (χ1n) is 8.32. The Labute approximate surface area is 140 Å². The molecule has 0 saturated carbocycles. The molecule has 1 saturated heterocycles. The number of aryl methyl sites for hydroxylation is 2. The summed E-state index contributed by atoms with van der Waals surface area (Å²) in [6.07, 6.45) is 6.86. The van der Waals surface area contributed by atoms with Gasteiger partial charge in [0.25, 0.3) is 0 Å². The van der Waals surface area contributed by atoms with Gasteiger partial charge in [-0.3, -0.25) is 9.78 Å². The van der Waals surface area contributed by atoms with Crippen LogP contribution in [0.4, 0.5) is 5.82 Å². The summed E-state index contributed by atoms with van der Waals surface area (Å²) in [6.45, 7) is 2.72. The van der Waals surface area contributed by atoms with E-state index in [0.717, 1.165) is 31.5 Å². The van der Waals surface area contributed by atoms with Gasteiger partial charge < -0.3 is 14.7 Å². The molecule has 2 aromatic rings. The minimum atomic E-state index is -0.00723. The zero-order chi connectivity index (χ0) is 16.9. The minimum absolute atomic E-state index is 0.00723. The van der Waals surface area contributed by atoms with Crippen molar-refractivity contribution in [3.63, 3.8) is 0 Å². The molecule has 8 heteroatoms. The van der Waals surface area contributed by atoms with Gasteiger partial charge in [0.05, 0.1) is 24.1 Å². The monoisotopic (exact) mass is 330 g/mol. The molecule has 3 heterocycles. The maximum absolute atomic E-state index is 12.6. The summed E-state index contributed by atoms with van der Waals surface area (Å²) >= 11 is 0. The van der Waals surface area contributed by atoms with E-state index >= 15 is 0 Å². The van der Waals surface area contributed by atoms with Gasteiger partial charge in [0.1, 0.15) is 5.82 Å². The lowest BCUT2D eigenvalue weighted by molar-refractivity contribution is -0.132. The van der Waals surface area contributed by atoms with Crippen LogP contribution in [-0.4, -0.2) is 44.5 Å². The molecule has 1 fully saturated rings. The topological polar surface area (TPSA) is 97.0 Å². The molecule has 1 N–H and O–H groups in total. The van der Waals surface area contributed by atoms with Crippen molar-refractivity contribution in [1.29, 1.82) is 0 Å². The number of nitrogens with zero attached hydrogens (tertiary/aromatic N) is 5. The fraction of sp³-hybridized carbons (Fsp3) is 0.562. The summed E-state index contributed by atoms with van der Waals surface area (Å²) in [7, 11) is 1.81. The molecule has 0 spiro atoms. The predicted molar refractivity (Wildman–Crippen MR) is 87.3 cm³/mol.